The number of ether oxygens (including phenoxy) is 2. The highest BCUT2D eigenvalue weighted by Gasteiger charge is 2.43. The van der Waals surface area contributed by atoms with Gasteiger partial charge in [0, 0.05) is 45.2 Å². The number of carbonyl (C=O) groups is 1. The van der Waals surface area contributed by atoms with E-state index in [-0.39, 0.29) is 47.9 Å². The van der Waals surface area contributed by atoms with Crippen molar-refractivity contribution in [3.8, 4) is 16.9 Å². The minimum absolute atomic E-state index is 0.0269. The molecule has 9 heteroatoms. The van der Waals surface area contributed by atoms with E-state index in [0.717, 1.165) is 12.1 Å². The van der Waals surface area contributed by atoms with Gasteiger partial charge in [0.25, 0.3) is 0 Å². The number of amides is 1. The zero-order chi connectivity index (χ0) is 27.2. The molecule has 2 aromatic carbocycles. The second-order valence-corrected chi connectivity index (χ2v) is 9.52. The first-order valence-corrected chi connectivity index (χ1v) is 12.6. The average molecular weight is 526 g/mol. The number of benzene rings is 2. The van der Waals surface area contributed by atoms with Crippen LogP contribution in [0.5, 0.6) is 5.75 Å². The first kappa shape index (κ1) is 28.9. The number of nitrogens with zero attached hydrogens (tertiary/aromatic N) is 1. The molecule has 204 valence electrons. The van der Waals surface area contributed by atoms with Gasteiger partial charge in [-0.05, 0) is 74.4 Å². The summed E-state index contributed by atoms with van der Waals surface area (Å²) in [5, 5.41) is 12.3. The first-order chi connectivity index (χ1) is 17.5. The van der Waals surface area contributed by atoms with Crippen LogP contribution in [0.4, 0.5) is 17.6 Å². The van der Waals surface area contributed by atoms with E-state index in [0.29, 0.717) is 38.8 Å². The fraction of sp³-hybridized carbons (Fsp3) is 0.536. The summed E-state index contributed by atoms with van der Waals surface area (Å²) in [6.45, 7) is 4.56. The van der Waals surface area contributed by atoms with Gasteiger partial charge in [-0.25, -0.2) is 4.39 Å². The van der Waals surface area contributed by atoms with Crippen molar-refractivity contribution in [2.24, 2.45) is 5.92 Å². The molecule has 1 N–H and O–H groups in total. The van der Waals surface area contributed by atoms with Crippen LogP contribution in [0.1, 0.15) is 57.1 Å². The third-order valence-corrected chi connectivity index (χ3v) is 7.01. The summed E-state index contributed by atoms with van der Waals surface area (Å²) in [6.07, 6.45) is -2.00. The third kappa shape index (κ3) is 6.82. The summed E-state index contributed by atoms with van der Waals surface area (Å²) >= 11 is 0. The number of piperidine rings is 1. The maximum atomic E-state index is 15.5. The van der Waals surface area contributed by atoms with Crippen molar-refractivity contribution >= 4 is 5.91 Å². The lowest BCUT2D eigenvalue weighted by Gasteiger charge is -2.43. The second-order valence-electron chi connectivity index (χ2n) is 9.52. The van der Waals surface area contributed by atoms with Crippen LogP contribution >= 0.6 is 0 Å². The van der Waals surface area contributed by atoms with Crippen LogP contribution in [-0.2, 0) is 21.3 Å². The van der Waals surface area contributed by atoms with Crippen LogP contribution in [0.3, 0.4) is 0 Å². The number of methoxy groups -OCH3 is 1. The largest absolute Gasteiger partial charge is 0.494 e. The Hall–Kier alpha value is -2.65. The van der Waals surface area contributed by atoms with E-state index < -0.39 is 29.1 Å². The number of carbonyl (C=O) groups excluding carboxylic acids is 1. The second kappa shape index (κ2) is 12.3. The lowest BCUT2D eigenvalue weighted by molar-refractivity contribution is -0.137. The molecule has 0 aliphatic carbocycles. The van der Waals surface area contributed by atoms with Crippen molar-refractivity contribution in [1.29, 1.82) is 0 Å². The summed E-state index contributed by atoms with van der Waals surface area (Å²) in [5.74, 6) is -1.32. The monoisotopic (exact) mass is 525 g/mol. The molecule has 0 radical (unpaired) electrons. The van der Waals surface area contributed by atoms with Gasteiger partial charge in [0.15, 0.2) is 0 Å². The Balaban J connectivity index is 2.18. The molecular formula is C28H35F4NO4. The number of likely N-dealkylation sites (tertiary alicyclic amines) is 1. The Morgan fingerprint density at radius 1 is 1.19 bits per heavy atom. The van der Waals surface area contributed by atoms with E-state index in [2.05, 4.69) is 0 Å². The maximum Gasteiger partial charge on any atom is 0.416 e. The van der Waals surface area contributed by atoms with Crippen molar-refractivity contribution < 1.29 is 36.9 Å². The molecular weight excluding hydrogens is 490 g/mol. The van der Waals surface area contributed by atoms with Gasteiger partial charge in [0.2, 0.25) is 5.91 Å². The van der Waals surface area contributed by atoms with Crippen molar-refractivity contribution in [2.75, 3.05) is 33.4 Å². The van der Waals surface area contributed by atoms with Crippen molar-refractivity contribution in [1.82, 2.24) is 4.90 Å². The van der Waals surface area contributed by atoms with E-state index in [1.54, 1.807) is 25.0 Å². The standard InChI is InChI=1S/C28H35F4NO4/c1-4-37-23-16-20(15-22(17-23)28(30,31)32)26-24(10-7-11-25(26)29)27(35,12-5-6-14-36-3)21-9-8-13-33(18-21)19(2)34/h7,10-11,15-17,21,35H,4-6,8-9,12-14,18H2,1-3H3/t21-,27+/m1/s1. The third-order valence-electron chi connectivity index (χ3n) is 7.01. The number of halogens is 4. The Bertz CT molecular complexity index is 1070. The molecule has 1 aliphatic rings. The van der Waals surface area contributed by atoms with Crippen molar-refractivity contribution in [2.45, 2.75) is 57.7 Å². The molecule has 5 nitrogen and oxygen atoms in total. The zero-order valence-electron chi connectivity index (χ0n) is 21.5. The molecule has 1 saturated heterocycles. The summed E-state index contributed by atoms with van der Waals surface area (Å²) in [6, 6.07) is 7.34. The molecule has 0 spiro atoms. The van der Waals surface area contributed by atoms with E-state index in [9.17, 15) is 23.1 Å². The minimum atomic E-state index is -4.67. The van der Waals surface area contributed by atoms with Gasteiger partial charge in [-0.15, -0.1) is 0 Å². The Morgan fingerprint density at radius 3 is 2.59 bits per heavy atom. The molecule has 1 aliphatic heterocycles. The van der Waals surface area contributed by atoms with Crippen LogP contribution in [0, 0.1) is 11.7 Å². The summed E-state index contributed by atoms with van der Waals surface area (Å²) in [5.41, 5.74) is -2.46. The Labute approximate surface area is 215 Å². The van der Waals surface area contributed by atoms with E-state index >= 15 is 4.39 Å². The normalized spacial score (nSPS) is 17.9. The predicted octanol–water partition coefficient (Wildman–Crippen LogP) is 6.17. The van der Waals surface area contributed by atoms with Gasteiger partial charge >= 0.3 is 6.18 Å². The summed E-state index contributed by atoms with van der Waals surface area (Å²) < 4.78 is 67.2. The maximum absolute atomic E-state index is 15.5. The molecule has 0 aromatic heterocycles. The van der Waals surface area contributed by atoms with Gasteiger partial charge in [-0.3, -0.25) is 4.79 Å². The molecule has 3 rings (SSSR count). The summed E-state index contributed by atoms with van der Waals surface area (Å²) in [4.78, 5) is 13.8. The van der Waals surface area contributed by atoms with Gasteiger partial charge < -0.3 is 19.5 Å². The molecule has 0 unspecified atom stereocenters. The molecule has 2 aromatic rings. The van der Waals surface area contributed by atoms with Crippen LogP contribution in [-0.4, -0.2) is 49.3 Å². The number of unbranched alkanes of at least 4 members (excludes halogenated alkanes) is 1. The fourth-order valence-electron chi connectivity index (χ4n) is 5.19. The van der Waals surface area contributed by atoms with Crippen LogP contribution in [0.25, 0.3) is 11.1 Å². The predicted molar refractivity (Wildman–Crippen MR) is 133 cm³/mol. The van der Waals surface area contributed by atoms with Crippen LogP contribution < -0.4 is 4.74 Å². The van der Waals surface area contributed by atoms with Crippen LogP contribution in [0.15, 0.2) is 36.4 Å². The molecule has 37 heavy (non-hydrogen) atoms. The Morgan fingerprint density at radius 2 is 1.95 bits per heavy atom. The quantitative estimate of drug-likeness (QED) is 0.298. The van der Waals surface area contributed by atoms with E-state index in [1.807, 2.05) is 0 Å². The highest BCUT2D eigenvalue weighted by atomic mass is 19.4. The van der Waals surface area contributed by atoms with Gasteiger partial charge in [0.1, 0.15) is 11.6 Å². The molecule has 1 fully saturated rings. The van der Waals surface area contributed by atoms with Crippen LogP contribution in [0.2, 0.25) is 0 Å². The number of rotatable bonds is 10. The van der Waals surface area contributed by atoms with E-state index in [1.165, 1.54) is 25.1 Å². The highest BCUT2D eigenvalue weighted by Crippen LogP contribution is 2.46. The van der Waals surface area contributed by atoms with E-state index in [4.69, 9.17) is 9.47 Å². The topological polar surface area (TPSA) is 59.0 Å². The van der Waals surface area contributed by atoms with Gasteiger partial charge in [-0.2, -0.15) is 13.2 Å². The summed E-state index contributed by atoms with van der Waals surface area (Å²) in [7, 11) is 1.58. The molecule has 0 bridgehead atoms. The molecule has 0 saturated carbocycles. The number of aliphatic hydroxyl groups is 1. The van der Waals surface area contributed by atoms with Gasteiger partial charge in [-0.1, -0.05) is 12.1 Å². The van der Waals surface area contributed by atoms with Crippen molar-refractivity contribution in [3.63, 3.8) is 0 Å². The number of hydrogen-bond donors (Lipinski definition) is 1. The number of hydrogen-bond acceptors (Lipinski definition) is 4. The smallest absolute Gasteiger partial charge is 0.416 e. The Kier molecular flexibility index (Phi) is 9.58. The lowest BCUT2D eigenvalue weighted by Crippen LogP contribution is -2.47. The van der Waals surface area contributed by atoms with Crippen molar-refractivity contribution in [3.05, 3.63) is 53.3 Å². The minimum Gasteiger partial charge on any atom is -0.494 e. The lowest BCUT2D eigenvalue weighted by atomic mass is 9.72. The molecule has 1 heterocycles. The fourth-order valence-corrected chi connectivity index (χ4v) is 5.19. The average Bonchev–Trinajstić information content (AvgIpc) is 2.86. The SMILES string of the molecule is CCOc1cc(-c2c(F)cccc2[C@](O)(CCCCOC)[C@@H]2CCCN(C(C)=O)C2)cc(C(F)(F)F)c1. The zero-order valence-corrected chi connectivity index (χ0v) is 21.5. The first-order valence-electron chi connectivity index (χ1n) is 12.6. The highest BCUT2D eigenvalue weighted by molar-refractivity contribution is 5.74. The molecule has 1 amide bonds. The van der Waals surface area contributed by atoms with Gasteiger partial charge in [0.05, 0.1) is 17.8 Å². The molecule has 2 atom stereocenters. The number of alkyl halides is 3.